The lowest BCUT2D eigenvalue weighted by molar-refractivity contribution is 0.0491. The minimum absolute atomic E-state index is 0.0577. The molecule has 0 aliphatic heterocycles. The van der Waals surface area contributed by atoms with Gasteiger partial charge in [-0.25, -0.2) is 4.79 Å². The lowest BCUT2D eigenvalue weighted by atomic mass is 9.92. The molecule has 0 unspecified atom stereocenters. The largest absolute Gasteiger partial charge is 0.444 e. The van der Waals surface area contributed by atoms with Crippen molar-refractivity contribution in [3.8, 4) is 0 Å². The summed E-state index contributed by atoms with van der Waals surface area (Å²) in [7, 11) is 0. The summed E-state index contributed by atoms with van der Waals surface area (Å²) in [4.78, 5) is 12.0. The van der Waals surface area contributed by atoms with Gasteiger partial charge in [-0.05, 0) is 44.7 Å². The smallest absolute Gasteiger partial charge is 0.407 e. The quantitative estimate of drug-likeness (QED) is 0.793. The summed E-state index contributed by atoms with van der Waals surface area (Å²) in [6.45, 7) is 5.74. The van der Waals surface area contributed by atoms with E-state index in [1.165, 1.54) is 11.1 Å². The fraction of sp³-hybridized carbons (Fsp3) is 0.588. The maximum atomic E-state index is 12.0. The molecule has 1 aromatic carbocycles. The van der Waals surface area contributed by atoms with Gasteiger partial charge < -0.3 is 20.9 Å². The molecule has 3 atom stereocenters. The number of nitrogens with one attached hydrogen (secondary N) is 1. The fourth-order valence-electron chi connectivity index (χ4n) is 2.97. The zero-order chi connectivity index (χ0) is 16.3. The predicted octanol–water partition coefficient (Wildman–Crippen LogP) is 1.93. The van der Waals surface area contributed by atoms with E-state index in [4.69, 9.17) is 10.5 Å². The summed E-state index contributed by atoms with van der Waals surface area (Å²) in [6.07, 6.45) is 0.294. The first-order valence-corrected chi connectivity index (χ1v) is 7.75. The van der Waals surface area contributed by atoms with Crippen molar-refractivity contribution in [3.63, 3.8) is 0 Å². The minimum Gasteiger partial charge on any atom is -0.444 e. The second-order valence-electron chi connectivity index (χ2n) is 6.89. The van der Waals surface area contributed by atoms with Gasteiger partial charge in [0.2, 0.25) is 0 Å². The Morgan fingerprint density at radius 3 is 2.77 bits per heavy atom. The summed E-state index contributed by atoms with van der Waals surface area (Å²) < 4.78 is 5.34. The number of amides is 1. The van der Waals surface area contributed by atoms with Crippen molar-refractivity contribution >= 4 is 6.09 Å². The summed E-state index contributed by atoms with van der Waals surface area (Å²) in [6, 6.07) is 8.02. The molecule has 122 valence electrons. The molecule has 1 aliphatic carbocycles. The van der Waals surface area contributed by atoms with Gasteiger partial charge in [0.1, 0.15) is 5.60 Å². The van der Waals surface area contributed by atoms with E-state index in [1.54, 1.807) is 0 Å². The second-order valence-corrected chi connectivity index (χ2v) is 6.89. The molecule has 5 heteroatoms. The molecule has 1 amide bonds. The van der Waals surface area contributed by atoms with Gasteiger partial charge >= 0.3 is 6.09 Å². The SMILES string of the molecule is CC(C)(C)OC(=O)N[C@@H]1Cc2ccccc2[C@H]1C[C@@H](O)CN. The zero-order valence-corrected chi connectivity index (χ0v) is 13.5. The van der Waals surface area contributed by atoms with Crippen LogP contribution >= 0.6 is 0 Å². The summed E-state index contributed by atoms with van der Waals surface area (Å²) >= 11 is 0. The average molecular weight is 306 g/mol. The second kappa shape index (κ2) is 6.67. The molecule has 0 aromatic heterocycles. The number of carbonyl (C=O) groups is 1. The van der Waals surface area contributed by atoms with E-state index in [9.17, 15) is 9.90 Å². The van der Waals surface area contributed by atoms with Crippen LogP contribution in [0.1, 0.15) is 44.2 Å². The molecule has 0 spiro atoms. The van der Waals surface area contributed by atoms with Crippen LogP contribution in [0.4, 0.5) is 4.79 Å². The number of aliphatic hydroxyl groups is 1. The number of carbonyl (C=O) groups excluding carboxylic acids is 1. The minimum atomic E-state index is -0.570. The number of benzene rings is 1. The molecule has 0 radical (unpaired) electrons. The highest BCUT2D eigenvalue weighted by atomic mass is 16.6. The molecule has 0 heterocycles. The van der Waals surface area contributed by atoms with E-state index < -0.39 is 17.8 Å². The lowest BCUT2D eigenvalue weighted by Crippen LogP contribution is -2.42. The number of ether oxygens (including phenoxy) is 1. The lowest BCUT2D eigenvalue weighted by Gasteiger charge is -2.26. The van der Waals surface area contributed by atoms with Crippen molar-refractivity contribution in [2.45, 2.75) is 57.3 Å². The number of hydrogen-bond acceptors (Lipinski definition) is 4. The first kappa shape index (κ1) is 16.8. The summed E-state index contributed by atoms with van der Waals surface area (Å²) in [5.41, 5.74) is 7.40. The fourth-order valence-corrected chi connectivity index (χ4v) is 2.97. The molecule has 5 nitrogen and oxygen atoms in total. The van der Waals surface area contributed by atoms with Gasteiger partial charge in [0.05, 0.1) is 6.10 Å². The van der Waals surface area contributed by atoms with Crippen LogP contribution in [0.15, 0.2) is 24.3 Å². The topological polar surface area (TPSA) is 84.6 Å². The average Bonchev–Trinajstić information content (AvgIpc) is 2.74. The highest BCUT2D eigenvalue weighted by Crippen LogP contribution is 2.36. The number of hydrogen-bond donors (Lipinski definition) is 3. The molecule has 0 bridgehead atoms. The van der Waals surface area contributed by atoms with Gasteiger partial charge in [-0.15, -0.1) is 0 Å². The Labute approximate surface area is 131 Å². The molecular formula is C17H26N2O3. The molecular weight excluding hydrogens is 280 g/mol. The van der Waals surface area contributed by atoms with E-state index in [0.717, 1.165) is 6.42 Å². The maximum absolute atomic E-state index is 12.0. The van der Waals surface area contributed by atoms with Gasteiger partial charge in [0, 0.05) is 18.5 Å². The highest BCUT2D eigenvalue weighted by molar-refractivity contribution is 5.68. The first-order valence-electron chi connectivity index (χ1n) is 7.75. The van der Waals surface area contributed by atoms with Crippen LogP contribution in [0, 0.1) is 0 Å². The Kier molecular flexibility index (Phi) is 5.08. The Hall–Kier alpha value is -1.59. The summed E-state index contributed by atoms with van der Waals surface area (Å²) in [5.74, 6) is 0.0577. The van der Waals surface area contributed by atoms with Gasteiger partial charge in [-0.3, -0.25) is 0 Å². The van der Waals surface area contributed by atoms with Crippen LogP contribution in [0.5, 0.6) is 0 Å². The van der Waals surface area contributed by atoms with Crippen molar-refractivity contribution in [1.29, 1.82) is 0 Å². The van der Waals surface area contributed by atoms with Crippen molar-refractivity contribution in [2.24, 2.45) is 5.73 Å². The standard InChI is InChI=1S/C17H26N2O3/c1-17(2,3)22-16(21)19-15-8-11-6-4-5-7-13(11)14(15)9-12(20)10-18/h4-7,12,14-15,20H,8-10,18H2,1-3H3,(H,19,21)/t12-,14-,15-/m1/s1. The van der Waals surface area contributed by atoms with E-state index in [0.29, 0.717) is 6.42 Å². The number of fused-ring (bicyclic) bond motifs is 1. The van der Waals surface area contributed by atoms with Gasteiger partial charge in [-0.2, -0.15) is 0 Å². The third-order valence-electron chi connectivity index (χ3n) is 3.88. The van der Waals surface area contributed by atoms with Gasteiger partial charge in [-0.1, -0.05) is 24.3 Å². The van der Waals surface area contributed by atoms with Crippen molar-refractivity contribution in [1.82, 2.24) is 5.32 Å². The third-order valence-corrected chi connectivity index (χ3v) is 3.88. The van der Waals surface area contributed by atoms with Crippen LogP contribution in [0.2, 0.25) is 0 Å². The monoisotopic (exact) mass is 306 g/mol. The third kappa shape index (κ3) is 4.21. The highest BCUT2D eigenvalue weighted by Gasteiger charge is 2.35. The number of alkyl carbamates (subject to hydrolysis) is 1. The number of rotatable bonds is 4. The maximum Gasteiger partial charge on any atom is 0.407 e. The Morgan fingerprint density at radius 1 is 1.45 bits per heavy atom. The Morgan fingerprint density at radius 2 is 2.14 bits per heavy atom. The van der Waals surface area contributed by atoms with E-state index in [1.807, 2.05) is 32.9 Å². The predicted molar refractivity (Wildman–Crippen MR) is 85.7 cm³/mol. The molecule has 4 N–H and O–H groups in total. The van der Waals surface area contributed by atoms with Gasteiger partial charge in [0.25, 0.3) is 0 Å². The van der Waals surface area contributed by atoms with Crippen LogP contribution in [-0.2, 0) is 11.2 Å². The molecule has 2 rings (SSSR count). The van der Waals surface area contributed by atoms with Crippen LogP contribution < -0.4 is 11.1 Å². The van der Waals surface area contributed by atoms with Crippen molar-refractivity contribution in [2.75, 3.05) is 6.54 Å². The van der Waals surface area contributed by atoms with Crippen LogP contribution in [0.3, 0.4) is 0 Å². The number of nitrogens with two attached hydrogens (primary N) is 1. The molecule has 0 saturated carbocycles. The van der Waals surface area contributed by atoms with Crippen LogP contribution in [-0.4, -0.2) is 35.5 Å². The Bertz CT molecular complexity index is 525. The molecule has 1 aromatic rings. The zero-order valence-electron chi connectivity index (χ0n) is 13.5. The molecule has 1 aliphatic rings. The molecule has 0 saturated heterocycles. The first-order chi connectivity index (χ1) is 10.3. The van der Waals surface area contributed by atoms with Gasteiger partial charge in [0.15, 0.2) is 0 Å². The van der Waals surface area contributed by atoms with Crippen molar-refractivity contribution < 1.29 is 14.6 Å². The summed E-state index contributed by atoms with van der Waals surface area (Å²) in [5, 5.41) is 12.9. The van der Waals surface area contributed by atoms with E-state index in [2.05, 4.69) is 17.4 Å². The number of aliphatic hydroxyl groups excluding tert-OH is 1. The molecule has 22 heavy (non-hydrogen) atoms. The van der Waals surface area contributed by atoms with E-state index >= 15 is 0 Å². The van der Waals surface area contributed by atoms with Crippen molar-refractivity contribution in [3.05, 3.63) is 35.4 Å². The molecule has 0 fully saturated rings. The Balaban J connectivity index is 2.11. The van der Waals surface area contributed by atoms with Crippen LogP contribution in [0.25, 0.3) is 0 Å². The normalized spacial score (nSPS) is 22.0. The van der Waals surface area contributed by atoms with E-state index in [-0.39, 0.29) is 18.5 Å².